The number of hydrogen-bond acceptors (Lipinski definition) is 3. The van der Waals surface area contributed by atoms with Gasteiger partial charge in [0.05, 0.1) is 0 Å². The highest BCUT2D eigenvalue weighted by Crippen LogP contribution is 2.24. The minimum absolute atomic E-state index is 0.120. The van der Waals surface area contributed by atoms with E-state index in [2.05, 4.69) is 22.3 Å². The third kappa shape index (κ3) is 3.59. The predicted molar refractivity (Wildman–Crippen MR) is 97.9 cm³/mol. The van der Waals surface area contributed by atoms with Crippen LogP contribution in [0.2, 0.25) is 0 Å². The number of hydrogen-bond donors (Lipinski definition) is 1. The van der Waals surface area contributed by atoms with E-state index >= 15 is 0 Å². The highest BCUT2D eigenvalue weighted by molar-refractivity contribution is 7.84. The van der Waals surface area contributed by atoms with Crippen LogP contribution in [0.4, 0.5) is 16.2 Å². The summed E-state index contributed by atoms with van der Waals surface area (Å²) in [5.41, 5.74) is 3.02. The van der Waals surface area contributed by atoms with Crippen LogP contribution < -0.4 is 10.2 Å². The van der Waals surface area contributed by atoms with Crippen molar-refractivity contribution in [1.82, 2.24) is 4.90 Å². The van der Waals surface area contributed by atoms with Gasteiger partial charge < -0.3 is 15.1 Å². The number of rotatable bonds is 2. The molecule has 0 saturated heterocycles. The lowest BCUT2D eigenvalue weighted by Gasteiger charge is -2.21. The van der Waals surface area contributed by atoms with Gasteiger partial charge in [0, 0.05) is 60.0 Å². The molecule has 2 aromatic rings. The van der Waals surface area contributed by atoms with Crippen molar-refractivity contribution in [3.8, 4) is 0 Å². The molecule has 5 nitrogen and oxygen atoms in total. The van der Waals surface area contributed by atoms with E-state index in [0.29, 0.717) is 18.8 Å². The van der Waals surface area contributed by atoms with E-state index in [-0.39, 0.29) is 6.03 Å². The third-order valence-electron chi connectivity index (χ3n) is 4.19. The number of urea groups is 1. The fourth-order valence-electron chi connectivity index (χ4n) is 2.80. The highest BCUT2D eigenvalue weighted by Gasteiger charge is 2.21. The molecule has 1 atom stereocenters. The van der Waals surface area contributed by atoms with E-state index in [9.17, 15) is 9.00 Å². The molecular weight excluding hydrogens is 322 g/mol. The topological polar surface area (TPSA) is 52.6 Å². The first kappa shape index (κ1) is 16.5. The molecule has 1 heterocycles. The Balaban J connectivity index is 1.72. The van der Waals surface area contributed by atoms with Gasteiger partial charge in [-0.05, 0) is 35.9 Å². The van der Waals surface area contributed by atoms with Crippen LogP contribution >= 0.6 is 0 Å². The van der Waals surface area contributed by atoms with Crippen molar-refractivity contribution < 1.29 is 9.00 Å². The maximum absolute atomic E-state index is 12.6. The Hall–Kier alpha value is -2.34. The van der Waals surface area contributed by atoms with Crippen molar-refractivity contribution in [1.29, 1.82) is 0 Å². The maximum atomic E-state index is 12.6. The van der Waals surface area contributed by atoms with Gasteiger partial charge in [-0.1, -0.05) is 18.2 Å². The second-order valence-corrected chi connectivity index (χ2v) is 7.26. The van der Waals surface area contributed by atoms with Crippen molar-refractivity contribution >= 4 is 28.2 Å². The van der Waals surface area contributed by atoms with E-state index < -0.39 is 10.8 Å². The third-order valence-corrected chi connectivity index (χ3v) is 5.13. The molecule has 1 N–H and O–H groups in total. The first-order valence-electron chi connectivity index (χ1n) is 7.83. The lowest BCUT2D eigenvalue weighted by molar-refractivity contribution is 0.212. The summed E-state index contributed by atoms with van der Waals surface area (Å²) in [5.74, 6) is 0. The molecule has 0 bridgehead atoms. The summed E-state index contributed by atoms with van der Waals surface area (Å²) in [6, 6.07) is 15.2. The van der Waals surface area contributed by atoms with E-state index in [4.69, 9.17) is 0 Å². The zero-order chi connectivity index (χ0) is 17.1. The quantitative estimate of drug-likeness (QED) is 0.912. The van der Waals surface area contributed by atoms with Gasteiger partial charge >= 0.3 is 6.03 Å². The second-order valence-electron chi connectivity index (χ2n) is 5.88. The van der Waals surface area contributed by atoms with Crippen LogP contribution in [0, 0.1) is 0 Å². The zero-order valence-electron chi connectivity index (χ0n) is 13.9. The first-order valence-corrected chi connectivity index (χ1v) is 9.39. The highest BCUT2D eigenvalue weighted by atomic mass is 32.2. The van der Waals surface area contributed by atoms with Crippen LogP contribution in [-0.4, -0.2) is 41.5 Å². The Morgan fingerprint density at radius 1 is 1.08 bits per heavy atom. The minimum Gasteiger partial charge on any atom is -0.373 e. The fourth-order valence-corrected chi connectivity index (χ4v) is 3.32. The molecule has 2 amide bonds. The van der Waals surface area contributed by atoms with Gasteiger partial charge in [0.15, 0.2) is 0 Å². The van der Waals surface area contributed by atoms with Gasteiger partial charge in [-0.25, -0.2) is 4.79 Å². The molecule has 1 aliphatic heterocycles. The van der Waals surface area contributed by atoms with Gasteiger partial charge in [-0.2, -0.15) is 0 Å². The molecule has 24 heavy (non-hydrogen) atoms. The van der Waals surface area contributed by atoms with Crippen LogP contribution in [0.5, 0.6) is 0 Å². The first-order chi connectivity index (χ1) is 11.5. The average Bonchev–Trinajstić information content (AvgIpc) is 2.75. The second kappa shape index (κ2) is 7.05. The smallest absolute Gasteiger partial charge is 0.322 e. The molecule has 0 aromatic heterocycles. The Kier molecular flexibility index (Phi) is 4.85. The van der Waals surface area contributed by atoms with Crippen LogP contribution in [0.15, 0.2) is 53.4 Å². The summed E-state index contributed by atoms with van der Waals surface area (Å²) < 4.78 is 11.4. The number of nitrogens with zero attached hydrogens (tertiary/aromatic N) is 2. The van der Waals surface area contributed by atoms with Crippen molar-refractivity contribution in [3.05, 3.63) is 54.1 Å². The normalized spacial score (nSPS) is 15.4. The molecule has 3 rings (SSSR count). The molecule has 0 saturated carbocycles. The number of carbonyl (C=O) groups excluding carboxylic acids is 1. The average molecular weight is 343 g/mol. The molecule has 126 valence electrons. The maximum Gasteiger partial charge on any atom is 0.322 e. The molecule has 0 spiro atoms. The number of carbonyl (C=O) groups is 1. The Morgan fingerprint density at radius 3 is 2.50 bits per heavy atom. The number of para-hydroxylation sites is 1. The largest absolute Gasteiger partial charge is 0.373 e. The lowest BCUT2D eigenvalue weighted by Crippen LogP contribution is -2.37. The summed E-state index contributed by atoms with van der Waals surface area (Å²) >= 11 is 0. The van der Waals surface area contributed by atoms with Crippen LogP contribution in [0.25, 0.3) is 0 Å². The van der Waals surface area contributed by atoms with Crippen LogP contribution in [0.1, 0.15) is 5.56 Å². The fraction of sp³-hybridized carbons (Fsp3) is 0.278. The van der Waals surface area contributed by atoms with Crippen molar-refractivity contribution in [2.24, 2.45) is 0 Å². The van der Waals surface area contributed by atoms with Crippen molar-refractivity contribution in [2.45, 2.75) is 11.4 Å². The SMILES string of the molecule is CN1CCN(C(=O)Nc2ccc(S(C)=O)cc2)Cc2ccccc21. The van der Waals surface area contributed by atoms with Gasteiger partial charge in [0.2, 0.25) is 0 Å². The van der Waals surface area contributed by atoms with Crippen molar-refractivity contribution in [3.63, 3.8) is 0 Å². The summed E-state index contributed by atoms with van der Waals surface area (Å²) in [6.45, 7) is 2.04. The Bertz CT molecular complexity index is 761. The molecule has 2 aromatic carbocycles. The number of benzene rings is 2. The van der Waals surface area contributed by atoms with Crippen molar-refractivity contribution in [2.75, 3.05) is 36.6 Å². The summed E-state index contributed by atoms with van der Waals surface area (Å²) in [6.07, 6.45) is 1.64. The summed E-state index contributed by atoms with van der Waals surface area (Å²) in [5, 5.41) is 2.92. The van der Waals surface area contributed by atoms with E-state index in [0.717, 1.165) is 17.0 Å². The van der Waals surface area contributed by atoms with E-state index in [1.807, 2.05) is 24.1 Å². The van der Waals surface area contributed by atoms with E-state index in [1.54, 1.807) is 30.5 Å². The van der Waals surface area contributed by atoms with Gasteiger partial charge in [0.1, 0.15) is 0 Å². The van der Waals surface area contributed by atoms with Gasteiger partial charge in [-0.15, -0.1) is 0 Å². The van der Waals surface area contributed by atoms with Gasteiger partial charge in [-0.3, -0.25) is 4.21 Å². The zero-order valence-corrected chi connectivity index (χ0v) is 14.7. The van der Waals surface area contributed by atoms with Crippen LogP contribution in [0.3, 0.4) is 0 Å². The number of fused-ring (bicyclic) bond motifs is 1. The monoisotopic (exact) mass is 343 g/mol. The molecule has 0 aliphatic carbocycles. The Morgan fingerprint density at radius 2 is 1.79 bits per heavy atom. The van der Waals surface area contributed by atoms with Crippen LogP contribution in [-0.2, 0) is 17.3 Å². The molecule has 1 unspecified atom stereocenters. The number of likely N-dealkylation sites (N-methyl/N-ethyl adjacent to an activating group) is 1. The molecule has 0 fully saturated rings. The Labute approximate surface area is 144 Å². The molecular formula is C18H21N3O2S. The van der Waals surface area contributed by atoms with Gasteiger partial charge in [0.25, 0.3) is 0 Å². The lowest BCUT2D eigenvalue weighted by atomic mass is 10.1. The number of nitrogens with one attached hydrogen (secondary N) is 1. The summed E-state index contributed by atoms with van der Waals surface area (Å²) in [4.78, 5) is 17.3. The van der Waals surface area contributed by atoms with E-state index in [1.165, 1.54) is 5.69 Å². The standard InChI is InChI=1S/C18H21N3O2S/c1-20-11-12-21(13-14-5-3-4-6-17(14)20)18(22)19-15-7-9-16(10-8-15)24(2)23/h3-10H,11-13H2,1-2H3,(H,19,22). The number of amides is 2. The minimum atomic E-state index is -1.01. The molecule has 6 heteroatoms. The molecule has 1 aliphatic rings. The molecule has 0 radical (unpaired) electrons. The predicted octanol–water partition coefficient (Wildman–Crippen LogP) is 2.91. The summed E-state index contributed by atoms with van der Waals surface area (Å²) in [7, 11) is 1.03. The number of anilines is 2.